The summed E-state index contributed by atoms with van der Waals surface area (Å²) in [6.45, 7) is 3.85. The van der Waals surface area contributed by atoms with Crippen molar-refractivity contribution in [1.82, 2.24) is 14.7 Å². The van der Waals surface area contributed by atoms with Crippen molar-refractivity contribution in [2.45, 2.75) is 38.3 Å². The molecule has 0 radical (unpaired) electrons. The van der Waals surface area contributed by atoms with Crippen LogP contribution in [0.3, 0.4) is 0 Å². The van der Waals surface area contributed by atoms with E-state index in [4.69, 9.17) is 0 Å². The number of hydrogen-bond acceptors (Lipinski definition) is 3. The number of benzene rings is 4. The largest absolute Gasteiger partial charge is 0.337 e. The zero-order valence-corrected chi connectivity index (χ0v) is 24.2. The molecule has 0 aliphatic carbocycles. The van der Waals surface area contributed by atoms with E-state index in [0.717, 1.165) is 32.4 Å². The summed E-state index contributed by atoms with van der Waals surface area (Å²) in [6.07, 6.45) is 2.57. The Bertz CT molecular complexity index is 1390. The number of hydrogen-bond donors (Lipinski definition) is 0. The van der Waals surface area contributed by atoms with Gasteiger partial charge >= 0.3 is 0 Å². The molecule has 0 aromatic heterocycles. The van der Waals surface area contributed by atoms with Crippen LogP contribution >= 0.6 is 0 Å². The Balaban J connectivity index is 1.19. The highest BCUT2D eigenvalue weighted by molar-refractivity contribution is 5.81. The Morgan fingerprint density at radius 2 is 0.976 bits per heavy atom. The second-order valence-electron chi connectivity index (χ2n) is 11.5. The highest BCUT2D eigenvalue weighted by Crippen LogP contribution is 2.28. The van der Waals surface area contributed by atoms with E-state index in [1.54, 1.807) is 0 Å². The van der Waals surface area contributed by atoms with Gasteiger partial charge in [0, 0.05) is 38.6 Å². The normalized spacial score (nSPS) is 14.5. The summed E-state index contributed by atoms with van der Waals surface area (Å²) in [4.78, 5) is 33.4. The Morgan fingerprint density at radius 3 is 1.43 bits per heavy atom. The van der Waals surface area contributed by atoms with Crippen molar-refractivity contribution in [2.75, 3.05) is 32.7 Å². The predicted octanol–water partition coefficient (Wildman–Crippen LogP) is 5.68. The predicted molar refractivity (Wildman–Crippen MR) is 167 cm³/mol. The monoisotopic (exact) mass is 557 g/mol. The van der Waals surface area contributed by atoms with Crippen LogP contribution < -0.4 is 0 Å². The molecule has 0 bridgehead atoms. The minimum absolute atomic E-state index is 0.0947. The van der Waals surface area contributed by atoms with Gasteiger partial charge in [-0.3, -0.25) is 14.5 Å². The lowest BCUT2D eigenvalue weighted by atomic mass is 9.88. The van der Waals surface area contributed by atoms with E-state index in [-0.39, 0.29) is 30.8 Å². The Hall–Kier alpha value is -4.22. The minimum atomic E-state index is 0.0947. The van der Waals surface area contributed by atoms with Gasteiger partial charge in [-0.15, -0.1) is 0 Å². The zero-order chi connectivity index (χ0) is 28.7. The smallest absolute Gasteiger partial charge is 0.237 e. The van der Waals surface area contributed by atoms with Crippen LogP contribution in [0.4, 0.5) is 0 Å². The van der Waals surface area contributed by atoms with E-state index in [0.29, 0.717) is 19.6 Å². The maximum atomic E-state index is 13.7. The van der Waals surface area contributed by atoms with Crippen molar-refractivity contribution >= 4 is 11.8 Å². The molecule has 0 fully saturated rings. The lowest BCUT2D eigenvalue weighted by molar-refractivity contribution is -0.136. The molecule has 2 aliphatic rings. The quantitative estimate of drug-likeness (QED) is 0.266. The standard InChI is InChI=1S/C37H39N3O2/c41-36(39-23-19-29-11-7-9-17-33(29)25-39)27-38(28-37(42)40-24-20-30-12-8-10-18-34(30)26-40)22-21-35(31-13-3-1-4-14-31)32-15-5-2-6-16-32/h1-18,35H,19-28H2. The van der Waals surface area contributed by atoms with Gasteiger partial charge in [0.05, 0.1) is 13.1 Å². The second-order valence-corrected chi connectivity index (χ2v) is 11.5. The van der Waals surface area contributed by atoms with Gasteiger partial charge in [0.15, 0.2) is 0 Å². The summed E-state index contributed by atoms with van der Waals surface area (Å²) in [5.41, 5.74) is 7.60. The van der Waals surface area contributed by atoms with E-state index >= 15 is 0 Å². The third kappa shape index (κ3) is 6.63. The molecule has 2 heterocycles. The van der Waals surface area contributed by atoms with Crippen LogP contribution in [0.25, 0.3) is 0 Å². The van der Waals surface area contributed by atoms with E-state index in [9.17, 15) is 9.59 Å². The van der Waals surface area contributed by atoms with Crippen LogP contribution in [-0.4, -0.2) is 59.2 Å². The molecule has 0 N–H and O–H groups in total. The Kier molecular flexibility index (Phi) is 8.76. The van der Waals surface area contributed by atoms with Crippen LogP contribution in [-0.2, 0) is 35.5 Å². The molecule has 42 heavy (non-hydrogen) atoms. The van der Waals surface area contributed by atoms with Gasteiger partial charge in [-0.25, -0.2) is 0 Å². The van der Waals surface area contributed by atoms with Crippen molar-refractivity contribution in [3.63, 3.8) is 0 Å². The van der Waals surface area contributed by atoms with Crippen molar-refractivity contribution in [3.05, 3.63) is 143 Å². The summed E-state index contributed by atoms with van der Waals surface area (Å²) >= 11 is 0. The molecule has 2 amide bonds. The number of carbonyl (C=O) groups excluding carboxylic acids is 2. The van der Waals surface area contributed by atoms with E-state index < -0.39 is 0 Å². The molecule has 4 aromatic carbocycles. The summed E-state index contributed by atoms with van der Waals surface area (Å²) in [5.74, 6) is 0.373. The van der Waals surface area contributed by atoms with Gasteiger partial charge in [0.25, 0.3) is 0 Å². The maximum Gasteiger partial charge on any atom is 0.237 e. The Labute approximate surface area is 249 Å². The summed E-state index contributed by atoms with van der Waals surface area (Å²) < 4.78 is 0. The minimum Gasteiger partial charge on any atom is -0.337 e. The van der Waals surface area contributed by atoms with E-state index in [1.165, 1.54) is 33.4 Å². The first-order valence-electron chi connectivity index (χ1n) is 15.2. The summed E-state index contributed by atoms with van der Waals surface area (Å²) in [7, 11) is 0. The molecular formula is C37H39N3O2. The fourth-order valence-corrected chi connectivity index (χ4v) is 6.42. The van der Waals surface area contributed by atoms with Crippen LogP contribution in [0.1, 0.15) is 45.7 Å². The van der Waals surface area contributed by atoms with Crippen molar-refractivity contribution < 1.29 is 9.59 Å². The lowest BCUT2D eigenvalue weighted by Gasteiger charge is -2.34. The van der Waals surface area contributed by atoms with Gasteiger partial charge in [-0.1, -0.05) is 109 Å². The van der Waals surface area contributed by atoms with Gasteiger partial charge in [0.1, 0.15) is 0 Å². The average Bonchev–Trinajstić information content (AvgIpc) is 3.05. The first-order valence-corrected chi connectivity index (χ1v) is 15.2. The third-order valence-electron chi connectivity index (χ3n) is 8.82. The molecule has 5 heteroatoms. The molecule has 4 aromatic rings. The van der Waals surface area contributed by atoms with Crippen molar-refractivity contribution in [1.29, 1.82) is 0 Å². The van der Waals surface area contributed by atoms with Gasteiger partial charge in [-0.2, -0.15) is 0 Å². The molecule has 6 rings (SSSR count). The number of fused-ring (bicyclic) bond motifs is 2. The number of amides is 2. The topological polar surface area (TPSA) is 43.9 Å². The van der Waals surface area contributed by atoms with E-state index in [1.807, 2.05) is 34.1 Å². The van der Waals surface area contributed by atoms with Crippen molar-refractivity contribution in [2.24, 2.45) is 0 Å². The molecule has 0 unspecified atom stereocenters. The molecule has 214 valence electrons. The van der Waals surface area contributed by atoms with Crippen LogP contribution in [0.2, 0.25) is 0 Å². The van der Waals surface area contributed by atoms with E-state index in [2.05, 4.69) is 89.8 Å². The van der Waals surface area contributed by atoms with Crippen LogP contribution in [0, 0.1) is 0 Å². The lowest BCUT2D eigenvalue weighted by Crippen LogP contribution is -2.47. The number of rotatable bonds is 9. The SMILES string of the molecule is O=C(CN(CCC(c1ccccc1)c1ccccc1)CC(=O)N1CCc2ccccc2C1)N1CCc2ccccc2C1. The molecule has 0 atom stereocenters. The summed E-state index contributed by atoms with van der Waals surface area (Å²) in [5, 5.41) is 0. The zero-order valence-electron chi connectivity index (χ0n) is 24.2. The van der Waals surface area contributed by atoms with Crippen LogP contribution in [0.5, 0.6) is 0 Å². The first kappa shape index (κ1) is 27.9. The highest BCUT2D eigenvalue weighted by atomic mass is 16.2. The van der Waals surface area contributed by atoms with Gasteiger partial charge in [0.2, 0.25) is 11.8 Å². The number of carbonyl (C=O) groups is 2. The first-order chi connectivity index (χ1) is 20.6. The molecule has 2 aliphatic heterocycles. The molecule has 0 saturated heterocycles. The van der Waals surface area contributed by atoms with Gasteiger partial charge < -0.3 is 9.80 Å². The average molecular weight is 558 g/mol. The molecule has 0 spiro atoms. The van der Waals surface area contributed by atoms with Crippen LogP contribution in [0.15, 0.2) is 109 Å². The highest BCUT2D eigenvalue weighted by Gasteiger charge is 2.27. The third-order valence-corrected chi connectivity index (χ3v) is 8.82. The number of nitrogens with zero attached hydrogens (tertiary/aromatic N) is 3. The molecule has 5 nitrogen and oxygen atoms in total. The fraction of sp³-hybridized carbons (Fsp3) is 0.297. The fourth-order valence-electron chi connectivity index (χ4n) is 6.42. The Morgan fingerprint density at radius 1 is 0.571 bits per heavy atom. The van der Waals surface area contributed by atoms with Crippen molar-refractivity contribution in [3.8, 4) is 0 Å². The van der Waals surface area contributed by atoms with Gasteiger partial charge in [-0.05, 0) is 52.6 Å². The maximum absolute atomic E-state index is 13.7. The molecule has 0 saturated carbocycles. The summed E-state index contributed by atoms with van der Waals surface area (Å²) in [6, 6.07) is 37.9. The second kappa shape index (κ2) is 13.2. The molecular weight excluding hydrogens is 518 g/mol.